The number of nitrogens with two attached hydrogens (primary N) is 1. The zero-order valence-corrected chi connectivity index (χ0v) is 10.8. The molecule has 0 saturated carbocycles. The molecule has 2 rings (SSSR count). The molecule has 1 heterocycles. The molecule has 0 fully saturated rings. The maximum Gasteiger partial charge on any atom is 0.259 e. The number of nitrogen functional groups attached to an aromatic ring is 1. The smallest absolute Gasteiger partial charge is 0.259 e. The van der Waals surface area contributed by atoms with E-state index in [0.29, 0.717) is 17.0 Å². The summed E-state index contributed by atoms with van der Waals surface area (Å²) in [6.45, 7) is 0. The van der Waals surface area contributed by atoms with Gasteiger partial charge in [-0.15, -0.1) is 10.2 Å². The zero-order valence-electron chi connectivity index (χ0n) is 10.1. The molecule has 19 heavy (non-hydrogen) atoms. The normalized spacial score (nSPS) is 10.0. The lowest BCUT2D eigenvalue weighted by Crippen LogP contribution is -2.15. The third-order valence-electron chi connectivity index (χ3n) is 2.38. The number of ether oxygens (including phenoxy) is 1. The van der Waals surface area contributed by atoms with Crippen LogP contribution in [0.15, 0.2) is 30.3 Å². The van der Waals surface area contributed by atoms with E-state index in [2.05, 4.69) is 15.5 Å². The van der Waals surface area contributed by atoms with Gasteiger partial charge in [-0.2, -0.15) is 0 Å². The summed E-state index contributed by atoms with van der Waals surface area (Å²) in [4.78, 5) is 12.0. The number of amides is 1. The first-order valence-corrected chi connectivity index (χ1v) is 5.72. The molecule has 1 amide bonds. The summed E-state index contributed by atoms with van der Waals surface area (Å²) in [6, 6.07) is 7.90. The van der Waals surface area contributed by atoms with E-state index in [9.17, 15) is 4.79 Å². The Morgan fingerprint density at radius 1 is 1.32 bits per heavy atom. The molecule has 0 aliphatic heterocycles. The van der Waals surface area contributed by atoms with Crippen LogP contribution in [0.2, 0.25) is 5.15 Å². The quantitative estimate of drug-likeness (QED) is 0.838. The molecular formula is C12H11ClN4O2. The Labute approximate surface area is 114 Å². The number of aromatic nitrogens is 2. The first kappa shape index (κ1) is 13.1. The van der Waals surface area contributed by atoms with Gasteiger partial charge in [-0.05, 0) is 30.3 Å². The predicted octanol–water partition coefficient (Wildman–Crippen LogP) is 1.97. The van der Waals surface area contributed by atoms with Crippen LogP contribution >= 0.6 is 11.6 Å². The van der Waals surface area contributed by atoms with Gasteiger partial charge in [0.15, 0.2) is 11.0 Å². The zero-order chi connectivity index (χ0) is 13.8. The van der Waals surface area contributed by atoms with E-state index in [1.165, 1.54) is 13.2 Å². The molecule has 98 valence electrons. The van der Waals surface area contributed by atoms with Crippen molar-refractivity contribution in [3.63, 3.8) is 0 Å². The second-order valence-electron chi connectivity index (χ2n) is 3.65. The third kappa shape index (κ3) is 3.11. The lowest BCUT2D eigenvalue weighted by molar-refractivity contribution is 0.102. The fraction of sp³-hybridized carbons (Fsp3) is 0.0833. The van der Waals surface area contributed by atoms with Crippen LogP contribution < -0.4 is 15.8 Å². The van der Waals surface area contributed by atoms with Crippen molar-refractivity contribution < 1.29 is 9.53 Å². The number of nitrogens with one attached hydrogen (secondary N) is 1. The van der Waals surface area contributed by atoms with Crippen LogP contribution in [0.5, 0.6) is 5.75 Å². The second-order valence-corrected chi connectivity index (χ2v) is 4.04. The summed E-state index contributed by atoms with van der Waals surface area (Å²) < 4.78 is 5.04. The summed E-state index contributed by atoms with van der Waals surface area (Å²) in [5.74, 6) is 0.436. The average Bonchev–Trinajstić information content (AvgIpc) is 2.42. The number of hydrogen-bond donors (Lipinski definition) is 2. The topological polar surface area (TPSA) is 90.1 Å². The van der Waals surface area contributed by atoms with Crippen LogP contribution in [0.4, 0.5) is 11.5 Å². The van der Waals surface area contributed by atoms with Gasteiger partial charge in [0.25, 0.3) is 5.91 Å². The number of benzene rings is 1. The summed E-state index contributed by atoms with van der Waals surface area (Å²) >= 11 is 5.61. The van der Waals surface area contributed by atoms with E-state index in [1.807, 2.05) is 0 Å². The number of nitrogens with zero attached hydrogens (tertiary/aromatic N) is 2. The Morgan fingerprint density at radius 2 is 2.11 bits per heavy atom. The fourth-order valence-electron chi connectivity index (χ4n) is 1.43. The highest BCUT2D eigenvalue weighted by molar-refractivity contribution is 6.29. The minimum Gasteiger partial charge on any atom is -0.497 e. The van der Waals surface area contributed by atoms with Gasteiger partial charge < -0.3 is 15.8 Å². The van der Waals surface area contributed by atoms with Crippen LogP contribution in [-0.2, 0) is 0 Å². The van der Waals surface area contributed by atoms with E-state index in [4.69, 9.17) is 22.1 Å². The summed E-state index contributed by atoms with van der Waals surface area (Å²) in [7, 11) is 1.51. The first-order chi connectivity index (χ1) is 9.10. The van der Waals surface area contributed by atoms with Gasteiger partial charge in [-0.1, -0.05) is 11.6 Å². The van der Waals surface area contributed by atoms with Crippen LogP contribution in [0.1, 0.15) is 10.4 Å². The van der Waals surface area contributed by atoms with Crippen LogP contribution in [0.3, 0.4) is 0 Å². The Morgan fingerprint density at radius 3 is 2.74 bits per heavy atom. The molecule has 0 atom stereocenters. The molecule has 0 bridgehead atoms. The standard InChI is InChI=1S/C12H11ClN4O2/c1-19-7-2-3-9(14)8(6-7)12(18)15-11-5-4-10(13)16-17-11/h2-6H,14H2,1H3,(H,15,17,18). The van der Waals surface area contributed by atoms with Crippen molar-refractivity contribution in [2.75, 3.05) is 18.2 Å². The molecule has 1 aromatic heterocycles. The maximum atomic E-state index is 12.0. The van der Waals surface area contributed by atoms with Crippen molar-refractivity contribution in [2.45, 2.75) is 0 Å². The highest BCUT2D eigenvalue weighted by Gasteiger charge is 2.12. The number of methoxy groups -OCH3 is 1. The monoisotopic (exact) mass is 278 g/mol. The lowest BCUT2D eigenvalue weighted by Gasteiger charge is -2.08. The van der Waals surface area contributed by atoms with Crippen LogP contribution in [0.25, 0.3) is 0 Å². The molecule has 0 aliphatic rings. The molecule has 3 N–H and O–H groups in total. The minimum absolute atomic E-state index is 0.249. The van der Waals surface area contributed by atoms with E-state index in [-0.39, 0.29) is 11.0 Å². The summed E-state index contributed by atoms with van der Waals surface area (Å²) in [6.07, 6.45) is 0. The van der Waals surface area contributed by atoms with Gasteiger partial charge >= 0.3 is 0 Å². The number of hydrogen-bond acceptors (Lipinski definition) is 5. The Kier molecular flexibility index (Phi) is 3.82. The average molecular weight is 279 g/mol. The van der Waals surface area contributed by atoms with Crippen LogP contribution in [0, 0.1) is 0 Å². The molecule has 0 saturated heterocycles. The van der Waals surface area contributed by atoms with Gasteiger partial charge in [0, 0.05) is 5.69 Å². The van der Waals surface area contributed by atoms with Crippen molar-refractivity contribution in [1.29, 1.82) is 0 Å². The van der Waals surface area contributed by atoms with E-state index < -0.39 is 5.91 Å². The second kappa shape index (κ2) is 5.53. The lowest BCUT2D eigenvalue weighted by atomic mass is 10.1. The van der Waals surface area contributed by atoms with Gasteiger partial charge in [0.1, 0.15) is 5.75 Å². The predicted molar refractivity (Wildman–Crippen MR) is 72.4 cm³/mol. The molecule has 0 aliphatic carbocycles. The molecule has 6 nitrogen and oxygen atoms in total. The maximum absolute atomic E-state index is 12.0. The van der Waals surface area contributed by atoms with Crippen LogP contribution in [-0.4, -0.2) is 23.2 Å². The van der Waals surface area contributed by atoms with Crippen molar-refractivity contribution >= 4 is 29.0 Å². The Balaban J connectivity index is 2.22. The largest absolute Gasteiger partial charge is 0.497 e. The first-order valence-electron chi connectivity index (χ1n) is 5.34. The highest BCUT2D eigenvalue weighted by atomic mass is 35.5. The molecule has 0 spiro atoms. The SMILES string of the molecule is COc1ccc(N)c(C(=O)Nc2ccc(Cl)nn2)c1. The molecule has 1 aromatic carbocycles. The highest BCUT2D eigenvalue weighted by Crippen LogP contribution is 2.20. The number of rotatable bonds is 3. The van der Waals surface area contributed by atoms with Gasteiger partial charge in [-0.25, -0.2) is 0 Å². The van der Waals surface area contributed by atoms with Gasteiger partial charge in [0.05, 0.1) is 12.7 Å². The van der Waals surface area contributed by atoms with E-state index in [0.717, 1.165) is 0 Å². The number of anilines is 2. The van der Waals surface area contributed by atoms with Crippen molar-refractivity contribution in [2.24, 2.45) is 0 Å². The fourth-order valence-corrected chi connectivity index (χ4v) is 1.53. The van der Waals surface area contributed by atoms with Crippen molar-refractivity contribution in [3.8, 4) is 5.75 Å². The molecule has 0 unspecified atom stereocenters. The number of halogens is 1. The molecule has 7 heteroatoms. The number of carbonyl (C=O) groups excluding carboxylic acids is 1. The van der Waals surface area contributed by atoms with Crippen molar-refractivity contribution in [3.05, 3.63) is 41.0 Å². The number of carbonyl (C=O) groups is 1. The third-order valence-corrected chi connectivity index (χ3v) is 2.58. The van der Waals surface area contributed by atoms with E-state index >= 15 is 0 Å². The van der Waals surface area contributed by atoms with Gasteiger partial charge in [0.2, 0.25) is 0 Å². The minimum atomic E-state index is -0.395. The summed E-state index contributed by atoms with van der Waals surface area (Å²) in [5, 5.41) is 10.2. The Hall–Kier alpha value is -2.34. The molecule has 2 aromatic rings. The van der Waals surface area contributed by atoms with E-state index in [1.54, 1.807) is 24.3 Å². The Bertz CT molecular complexity index is 601. The molecule has 0 radical (unpaired) electrons. The summed E-state index contributed by atoms with van der Waals surface area (Å²) in [5.41, 5.74) is 6.40. The van der Waals surface area contributed by atoms with Crippen molar-refractivity contribution in [1.82, 2.24) is 10.2 Å². The van der Waals surface area contributed by atoms with Gasteiger partial charge in [-0.3, -0.25) is 4.79 Å². The molecular weight excluding hydrogens is 268 g/mol.